The third-order valence-corrected chi connectivity index (χ3v) is 4.41. The number of aliphatic imine (C=N–C) groups is 1. The van der Waals surface area contributed by atoms with Crippen molar-refractivity contribution in [2.24, 2.45) is 4.99 Å². The largest absolute Gasteiger partial charge is 0.368 e. The molecule has 0 atom stereocenters. The lowest BCUT2D eigenvalue weighted by atomic mass is 10.1. The molecule has 1 saturated heterocycles. The van der Waals surface area contributed by atoms with E-state index in [0.717, 1.165) is 43.7 Å². The van der Waals surface area contributed by atoms with Crippen molar-refractivity contribution >= 4 is 53.1 Å². The Labute approximate surface area is 178 Å². The summed E-state index contributed by atoms with van der Waals surface area (Å²) in [4.78, 5) is 20.7. The Balaban J connectivity index is 0.00000338. The summed E-state index contributed by atoms with van der Waals surface area (Å²) < 4.78 is 0. The van der Waals surface area contributed by atoms with Gasteiger partial charge in [0.25, 0.3) is 0 Å². The quantitative estimate of drug-likeness (QED) is 0.376. The molecule has 1 aliphatic heterocycles. The van der Waals surface area contributed by atoms with Crippen LogP contribution in [0.5, 0.6) is 0 Å². The molecular formula is C18H29ClIN5O. The van der Waals surface area contributed by atoms with Gasteiger partial charge >= 0.3 is 0 Å². The molecule has 1 amide bonds. The molecule has 0 radical (unpaired) electrons. The molecule has 6 nitrogen and oxygen atoms in total. The molecule has 2 N–H and O–H groups in total. The summed E-state index contributed by atoms with van der Waals surface area (Å²) in [5.74, 6) is 0.752. The van der Waals surface area contributed by atoms with Crippen LogP contribution in [0.2, 0.25) is 5.02 Å². The van der Waals surface area contributed by atoms with Gasteiger partial charge in [-0.2, -0.15) is 0 Å². The van der Waals surface area contributed by atoms with Gasteiger partial charge < -0.3 is 20.4 Å². The highest BCUT2D eigenvalue weighted by Crippen LogP contribution is 2.25. The van der Waals surface area contributed by atoms with Crippen molar-refractivity contribution in [3.8, 4) is 0 Å². The number of nitrogens with zero attached hydrogens (tertiary/aromatic N) is 3. The molecule has 1 aromatic carbocycles. The number of carbonyl (C=O) groups is 1. The van der Waals surface area contributed by atoms with Crippen molar-refractivity contribution in [3.63, 3.8) is 0 Å². The van der Waals surface area contributed by atoms with E-state index < -0.39 is 0 Å². The van der Waals surface area contributed by atoms with E-state index in [4.69, 9.17) is 11.6 Å². The lowest BCUT2D eigenvalue weighted by molar-refractivity contribution is -0.119. The predicted octanol–water partition coefficient (Wildman–Crippen LogP) is 2.49. The Hall–Kier alpha value is -1.22. The van der Waals surface area contributed by atoms with Gasteiger partial charge in [0.2, 0.25) is 5.91 Å². The average Bonchev–Trinajstić information content (AvgIpc) is 2.61. The van der Waals surface area contributed by atoms with Crippen LogP contribution in [0.1, 0.15) is 19.4 Å². The summed E-state index contributed by atoms with van der Waals surface area (Å²) >= 11 is 6.15. The van der Waals surface area contributed by atoms with Crippen LogP contribution in [-0.4, -0.2) is 62.6 Å². The molecule has 2 rings (SSSR count). The molecule has 0 saturated carbocycles. The Bertz CT molecular complexity index is 618. The Kier molecular flexibility index (Phi) is 10.1. The van der Waals surface area contributed by atoms with Gasteiger partial charge in [-0.3, -0.25) is 4.79 Å². The van der Waals surface area contributed by atoms with E-state index in [-0.39, 0.29) is 36.4 Å². The number of piperazine rings is 1. The maximum Gasteiger partial charge on any atom is 0.241 e. The number of likely N-dealkylation sites (N-methyl/N-ethyl adjacent to an activating group) is 1. The van der Waals surface area contributed by atoms with Gasteiger partial charge in [-0.25, -0.2) is 4.99 Å². The second-order valence-corrected chi connectivity index (χ2v) is 6.47. The summed E-state index contributed by atoms with van der Waals surface area (Å²) in [5.41, 5.74) is 2.42. The molecule has 0 spiro atoms. The summed E-state index contributed by atoms with van der Waals surface area (Å²) in [7, 11) is 0. The Morgan fingerprint density at radius 3 is 2.42 bits per heavy atom. The molecular weight excluding hydrogens is 465 g/mol. The number of amides is 1. The number of halogens is 2. The van der Waals surface area contributed by atoms with Gasteiger partial charge in [-0.15, -0.1) is 24.0 Å². The van der Waals surface area contributed by atoms with E-state index in [2.05, 4.69) is 38.4 Å². The van der Waals surface area contributed by atoms with Crippen LogP contribution in [0.25, 0.3) is 0 Å². The average molecular weight is 494 g/mol. The Morgan fingerprint density at radius 1 is 1.15 bits per heavy atom. The van der Waals surface area contributed by atoms with Crippen LogP contribution < -0.4 is 15.5 Å². The zero-order chi connectivity index (χ0) is 18.2. The van der Waals surface area contributed by atoms with Crippen LogP contribution >= 0.6 is 35.6 Å². The minimum absolute atomic E-state index is 0. The first-order valence-corrected chi connectivity index (χ1v) is 9.24. The summed E-state index contributed by atoms with van der Waals surface area (Å²) in [5, 5.41) is 6.82. The molecule has 0 aromatic heterocycles. The number of anilines is 1. The van der Waals surface area contributed by atoms with E-state index in [9.17, 15) is 4.79 Å². The van der Waals surface area contributed by atoms with Gasteiger partial charge in [0.1, 0.15) is 6.54 Å². The topological polar surface area (TPSA) is 60.0 Å². The number of nitrogens with one attached hydrogen (secondary N) is 2. The minimum atomic E-state index is -0.0499. The number of guanidine groups is 1. The standard InChI is InChI=1S/C18H28ClN5O.HI/c1-4-20-17(25)13-22-18(21-5-2)24-10-8-23(9-11-24)16-12-15(19)7-6-14(16)3;/h6-7,12H,4-5,8-11,13H2,1-3H3,(H,20,25)(H,21,22);1H. The monoisotopic (exact) mass is 493 g/mol. The van der Waals surface area contributed by atoms with E-state index in [0.29, 0.717) is 6.54 Å². The third-order valence-electron chi connectivity index (χ3n) is 4.17. The number of aryl methyl sites for hydroxylation is 1. The van der Waals surface area contributed by atoms with Crippen LogP contribution in [0.15, 0.2) is 23.2 Å². The number of rotatable bonds is 5. The van der Waals surface area contributed by atoms with E-state index in [1.165, 1.54) is 11.3 Å². The van der Waals surface area contributed by atoms with Crippen molar-refractivity contribution in [2.45, 2.75) is 20.8 Å². The highest BCUT2D eigenvalue weighted by atomic mass is 127. The van der Waals surface area contributed by atoms with Gasteiger partial charge in [-0.1, -0.05) is 17.7 Å². The van der Waals surface area contributed by atoms with Crippen molar-refractivity contribution < 1.29 is 4.79 Å². The second-order valence-electron chi connectivity index (χ2n) is 6.03. The van der Waals surface area contributed by atoms with Gasteiger partial charge in [0.15, 0.2) is 5.96 Å². The van der Waals surface area contributed by atoms with Gasteiger partial charge in [0.05, 0.1) is 0 Å². The van der Waals surface area contributed by atoms with E-state index in [1.807, 2.05) is 26.0 Å². The fourth-order valence-corrected chi connectivity index (χ4v) is 3.07. The zero-order valence-electron chi connectivity index (χ0n) is 15.7. The summed E-state index contributed by atoms with van der Waals surface area (Å²) in [6.07, 6.45) is 0. The third kappa shape index (κ3) is 6.50. The van der Waals surface area contributed by atoms with Crippen molar-refractivity contribution in [1.82, 2.24) is 15.5 Å². The highest BCUT2D eigenvalue weighted by Gasteiger charge is 2.21. The zero-order valence-corrected chi connectivity index (χ0v) is 18.8. The lowest BCUT2D eigenvalue weighted by Crippen LogP contribution is -2.53. The molecule has 0 bridgehead atoms. The number of hydrogen-bond acceptors (Lipinski definition) is 3. The maximum absolute atomic E-state index is 11.7. The first-order chi connectivity index (χ1) is 12.0. The number of carbonyl (C=O) groups excluding carboxylic acids is 1. The van der Waals surface area contributed by atoms with Crippen LogP contribution in [0.4, 0.5) is 5.69 Å². The molecule has 1 aliphatic rings. The number of hydrogen-bond donors (Lipinski definition) is 2. The van der Waals surface area contributed by atoms with Crippen molar-refractivity contribution in [2.75, 3.05) is 50.7 Å². The van der Waals surface area contributed by atoms with E-state index >= 15 is 0 Å². The SMILES string of the molecule is CCNC(=O)CN=C(NCC)N1CCN(c2cc(Cl)ccc2C)CC1.I. The maximum atomic E-state index is 11.7. The van der Waals surface area contributed by atoms with E-state index in [1.54, 1.807) is 0 Å². The Morgan fingerprint density at radius 2 is 1.81 bits per heavy atom. The molecule has 26 heavy (non-hydrogen) atoms. The predicted molar refractivity (Wildman–Crippen MR) is 120 cm³/mol. The fraction of sp³-hybridized carbons (Fsp3) is 0.556. The molecule has 1 heterocycles. The number of benzene rings is 1. The van der Waals surface area contributed by atoms with Crippen LogP contribution in [-0.2, 0) is 4.79 Å². The molecule has 1 fully saturated rings. The molecule has 0 aliphatic carbocycles. The molecule has 146 valence electrons. The smallest absolute Gasteiger partial charge is 0.241 e. The molecule has 1 aromatic rings. The van der Waals surface area contributed by atoms with Crippen LogP contribution in [0, 0.1) is 6.92 Å². The molecule has 8 heteroatoms. The van der Waals surface area contributed by atoms with Crippen molar-refractivity contribution in [1.29, 1.82) is 0 Å². The van der Waals surface area contributed by atoms with Crippen molar-refractivity contribution in [3.05, 3.63) is 28.8 Å². The lowest BCUT2D eigenvalue weighted by Gasteiger charge is -2.38. The summed E-state index contributed by atoms with van der Waals surface area (Å²) in [6, 6.07) is 6.01. The van der Waals surface area contributed by atoms with Crippen LogP contribution in [0.3, 0.4) is 0 Å². The summed E-state index contributed by atoms with van der Waals surface area (Å²) in [6.45, 7) is 11.1. The second kappa shape index (κ2) is 11.5. The fourth-order valence-electron chi connectivity index (χ4n) is 2.91. The highest BCUT2D eigenvalue weighted by molar-refractivity contribution is 14.0. The first-order valence-electron chi connectivity index (χ1n) is 8.86. The molecule has 0 unspecified atom stereocenters. The normalized spacial score (nSPS) is 14.7. The minimum Gasteiger partial charge on any atom is -0.368 e. The van der Waals surface area contributed by atoms with Gasteiger partial charge in [-0.05, 0) is 38.5 Å². The van der Waals surface area contributed by atoms with Gasteiger partial charge in [0, 0.05) is 50.0 Å². The first kappa shape index (κ1) is 22.8.